The normalized spacial score (nSPS) is 19.7. The lowest BCUT2D eigenvalue weighted by Gasteiger charge is -2.27. The lowest BCUT2D eigenvalue weighted by molar-refractivity contribution is 0.0936. The molecule has 1 aromatic carbocycles. The first kappa shape index (κ1) is 18.2. The zero-order valence-corrected chi connectivity index (χ0v) is 15.9. The van der Waals surface area contributed by atoms with Crippen LogP contribution in [0.1, 0.15) is 25.7 Å². The summed E-state index contributed by atoms with van der Waals surface area (Å²) in [5.74, 6) is 3.46. The molecule has 1 atom stereocenters. The van der Waals surface area contributed by atoms with E-state index in [-0.39, 0.29) is 30.1 Å². The number of hydrogen-bond donors (Lipinski definition) is 2. The van der Waals surface area contributed by atoms with Crippen LogP contribution in [0.4, 0.5) is 0 Å². The van der Waals surface area contributed by atoms with Gasteiger partial charge in [-0.1, -0.05) is 25.0 Å². The smallest absolute Gasteiger partial charge is 0.191 e. The number of halogens is 1. The number of rotatable bonds is 6. The third kappa shape index (κ3) is 5.75. The highest BCUT2D eigenvalue weighted by Gasteiger charge is 2.21. The van der Waals surface area contributed by atoms with Crippen molar-refractivity contribution in [3.05, 3.63) is 24.3 Å². The number of benzene rings is 1. The molecular weight excluding hydrogens is 405 g/mol. The van der Waals surface area contributed by atoms with E-state index in [2.05, 4.69) is 15.6 Å². The lowest BCUT2D eigenvalue weighted by atomic mass is 10.2. The fourth-order valence-electron chi connectivity index (χ4n) is 2.60. The zero-order chi connectivity index (χ0) is 15.2. The molecule has 2 N–H and O–H groups in total. The molecular formula is C17H26IN3O2. The first-order chi connectivity index (χ1) is 10.8. The van der Waals surface area contributed by atoms with E-state index in [1.165, 1.54) is 25.7 Å². The number of fused-ring (bicyclic) bond motifs is 1. The summed E-state index contributed by atoms with van der Waals surface area (Å²) in [5, 5.41) is 6.66. The quantitative estimate of drug-likeness (QED) is 0.315. The molecule has 0 saturated heterocycles. The minimum Gasteiger partial charge on any atom is -0.486 e. The van der Waals surface area contributed by atoms with Gasteiger partial charge in [0.2, 0.25) is 0 Å². The van der Waals surface area contributed by atoms with E-state index >= 15 is 0 Å². The maximum atomic E-state index is 5.92. The van der Waals surface area contributed by atoms with Gasteiger partial charge in [0.15, 0.2) is 17.5 Å². The van der Waals surface area contributed by atoms with E-state index in [1.54, 1.807) is 7.05 Å². The minimum absolute atomic E-state index is 0. The van der Waals surface area contributed by atoms with Crippen LogP contribution >= 0.6 is 24.0 Å². The van der Waals surface area contributed by atoms with Crippen LogP contribution in [0, 0.1) is 5.92 Å². The van der Waals surface area contributed by atoms with Gasteiger partial charge in [0.05, 0.1) is 6.54 Å². The first-order valence-corrected chi connectivity index (χ1v) is 8.18. The molecule has 0 radical (unpaired) electrons. The van der Waals surface area contributed by atoms with Gasteiger partial charge in [0.1, 0.15) is 12.7 Å². The summed E-state index contributed by atoms with van der Waals surface area (Å²) >= 11 is 0. The third-order valence-electron chi connectivity index (χ3n) is 4.07. The van der Waals surface area contributed by atoms with Crippen molar-refractivity contribution in [3.8, 4) is 11.5 Å². The highest BCUT2D eigenvalue weighted by molar-refractivity contribution is 14.0. The topological polar surface area (TPSA) is 54.9 Å². The van der Waals surface area contributed by atoms with Crippen molar-refractivity contribution in [2.75, 3.05) is 26.7 Å². The van der Waals surface area contributed by atoms with Crippen molar-refractivity contribution in [2.45, 2.75) is 31.8 Å². The van der Waals surface area contributed by atoms with E-state index in [4.69, 9.17) is 9.47 Å². The largest absolute Gasteiger partial charge is 0.486 e. The maximum Gasteiger partial charge on any atom is 0.191 e. The zero-order valence-electron chi connectivity index (χ0n) is 13.6. The van der Waals surface area contributed by atoms with Gasteiger partial charge >= 0.3 is 0 Å². The predicted octanol–water partition coefficient (Wildman–Crippen LogP) is 2.80. The van der Waals surface area contributed by atoms with Crippen LogP contribution in [0.15, 0.2) is 29.3 Å². The van der Waals surface area contributed by atoms with Crippen LogP contribution in [0.3, 0.4) is 0 Å². The second-order valence-electron chi connectivity index (χ2n) is 5.96. The van der Waals surface area contributed by atoms with Crippen LogP contribution < -0.4 is 20.1 Å². The lowest BCUT2D eigenvalue weighted by Crippen LogP contribution is -2.45. The molecule has 128 valence electrons. The summed E-state index contributed by atoms with van der Waals surface area (Å²) in [4.78, 5) is 4.25. The predicted molar refractivity (Wildman–Crippen MR) is 103 cm³/mol. The van der Waals surface area contributed by atoms with Crippen molar-refractivity contribution in [1.29, 1.82) is 0 Å². The standard InChI is InChI=1S/C17H25N3O2.HI/c1-18-17(19-10-4-5-13-8-9-13)20-11-14-12-21-15-6-2-3-7-16(15)22-14;/h2-3,6-7,13-14H,4-5,8-12H2,1H3,(H2,18,19,20);1H. The van der Waals surface area contributed by atoms with Crippen molar-refractivity contribution >= 4 is 29.9 Å². The SMILES string of the molecule is CN=C(NCCCC1CC1)NCC1COc2ccccc2O1.I. The van der Waals surface area contributed by atoms with Gasteiger partial charge in [-0.25, -0.2) is 0 Å². The Morgan fingerprint density at radius 1 is 1.22 bits per heavy atom. The fourth-order valence-corrected chi connectivity index (χ4v) is 2.60. The average Bonchev–Trinajstić information content (AvgIpc) is 3.38. The monoisotopic (exact) mass is 431 g/mol. The Kier molecular flexibility index (Phi) is 7.26. The summed E-state index contributed by atoms with van der Waals surface area (Å²) < 4.78 is 11.6. The van der Waals surface area contributed by atoms with Gasteiger partial charge in [-0.15, -0.1) is 24.0 Å². The summed E-state index contributed by atoms with van der Waals surface area (Å²) in [6.45, 7) is 2.21. The van der Waals surface area contributed by atoms with E-state index in [0.29, 0.717) is 13.2 Å². The molecule has 3 rings (SSSR count). The molecule has 1 aliphatic carbocycles. The molecule has 6 heteroatoms. The number of ether oxygens (including phenoxy) is 2. The fraction of sp³-hybridized carbons (Fsp3) is 0.588. The van der Waals surface area contributed by atoms with E-state index < -0.39 is 0 Å². The Bertz CT molecular complexity index is 520. The van der Waals surface area contributed by atoms with Crippen LogP contribution in [0.25, 0.3) is 0 Å². The van der Waals surface area contributed by atoms with Crippen LogP contribution in [0.5, 0.6) is 11.5 Å². The van der Waals surface area contributed by atoms with Crippen molar-refractivity contribution in [1.82, 2.24) is 10.6 Å². The van der Waals surface area contributed by atoms with Crippen LogP contribution in [-0.2, 0) is 0 Å². The molecule has 0 bridgehead atoms. The number of hydrogen-bond acceptors (Lipinski definition) is 3. The third-order valence-corrected chi connectivity index (χ3v) is 4.07. The summed E-state index contributed by atoms with van der Waals surface area (Å²) in [6.07, 6.45) is 5.39. The summed E-state index contributed by atoms with van der Waals surface area (Å²) in [6, 6.07) is 7.78. The van der Waals surface area contributed by atoms with Gasteiger partial charge in [-0.2, -0.15) is 0 Å². The van der Waals surface area contributed by atoms with Crippen molar-refractivity contribution in [3.63, 3.8) is 0 Å². The van der Waals surface area contributed by atoms with Crippen LogP contribution in [-0.4, -0.2) is 38.8 Å². The van der Waals surface area contributed by atoms with E-state index in [9.17, 15) is 0 Å². The van der Waals surface area contributed by atoms with Crippen molar-refractivity contribution < 1.29 is 9.47 Å². The van der Waals surface area contributed by atoms with Gasteiger partial charge < -0.3 is 20.1 Å². The molecule has 5 nitrogen and oxygen atoms in total. The molecule has 1 unspecified atom stereocenters. The minimum atomic E-state index is -0.0000796. The second kappa shape index (κ2) is 9.20. The van der Waals surface area contributed by atoms with Gasteiger partial charge in [-0.3, -0.25) is 4.99 Å². The Labute approximate surface area is 155 Å². The Morgan fingerprint density at radius 3 is 2.74 bits per heavy atom. The van der Waals surface area contributed by atoms with Crippen molar-refractivity contribution in [2.24, 2.45) is 10.9 Å². The molecule has 0 aromatic heterocycles. The second-order valence-corrected chi connectivity index (χ2v) is 5.96. The molecule has 1 aliphatic heterocycles. The highest BCUT2D eigenvalue weighted by atomic mass is 127. The van der Waals surface area contributed by atoms with Gasteiger partial charge in [0.25, 0.3) is 0 Å². The van der Waals surface area contributed by atoms with Crippen LogP contribution in [0.2, 0.25) is 0 Å². The number of aliphatic imine (C=N–C) groups is 1. The molecule has 1 aromatic rings. The molecule has 1 saturated carbocycles. The highest BCUT2D eigenvalue weighted by Crippen LogP contribution is 2.33. The molecule has 0 amide bonds. The Morgan fingerprint density at radius 2 is 2.00 bits per heavy atom. The van der Waals surface area contributed by atoms with E-state index in [1.807, 2.05) is 24.3 Å². The Hall–Kier alpha value is -1.18. The number of nitrogens with zero attached hydrogens (tertiary/aromatic N) is 1. The van der Waals surface area contributed by atoms with E-state index in [0.717, 1.165) is 29.9 Å². The number of guanidine groups is 1. The number of nitrogens with one attached hydrogen (secondary N) is 2. The molecule has 1 fully saturated rings. The van der Waals surface area contributed by atoms with Gasteiger partial charge in [-0.05, 0) is 30.9 Å². The molecule has 23 heavy (non-hydrogen) atoms. The molecule has 1 heterocycles. The Balaban J connectivity index is 0.00000192. The molecule has 2 aliphatic rings. The first-order valence-electron chi connectivity index (χ1n) is 8.18. The summed E-state index contributed by atoms with van der Waals surface area (Å²) in [7, 11) is 1.80. The molecule has 0 spiro atoms. The van der Waals surface area contributed by atoms with Gasteiger partial charge in [0, 0.05) is 13.6 Å². The summed E-state index contributed by atoms with van der Waals surface area (Å²) in [5.41, 5.74) is 0. The average molecular weight is 431 g/mol. The number of para-hydroxylation sites is 2. The maximum absolute atomic E-state index is 5.92.